The van der Waals surface area contributed by atoms with Crippen molar-refractivity contribution in [3.8, 4) is 0 Å². The Kier molecular flexibility index (Phi) is 22.8. The first-order valence-electron chi connectivity index (χ1n) is 18.1. The summed E-state index contributed by atoms with van der Waals surface area (Å²) in [6, 6.07) is 30.2. The molecular weight excluding hydrogens is 825 g/mol. The summed E-state index contributed by atoms with van der Waals surface area (Å²) in [6.45, 7) is 4.08. The predicted octanol–water partition coefficient (Wildman–Crippen LogP) is 5.21. The average molecular weight is 879 g/mol. The summed E-state index contributed by atoms with van der Waals surface area (Å²) < 4.78 is 69.5. The molecule has 1 fully saturated rings. The minimum absolute atomic E-state index is 0.0666. The van der Waals surface area contributed by atoms with Crippen LogP contribution < -0.4 is 22.9 Å². The van der Waals surface area contributed by atoms with Crippen molar-refractivity contribution in [2.75, 3.05) is 11.5 Å². The number of carbonyl (C=O) groups is 2. The minimum Gasteiger partial charge on any atom is -0.460 e. The molecule has 0 heterocycles. The SMILES string of the molecule is Cc1ccc(S(=O)(=O)O)cc1.Cc1ccc(S(=O)(=O)O)cc1.NC1CCC(N)CC1.N[C@@H](CSSC[C@H](N)C(=O)OCc1ccccc1)C(=O)OCc1ccccc1. The van der Waals surface area contributed by atoms with E-state index in [0.29, 0.717) is 23.6 Å². The van der Waals surface area contributed by atoms with E-state index in [-0.39, 0.29) is 23.0 Å². The van der Waals surface area contributed by atoms with Crippen LogP contribution in [-0.2, 0) is 52.5 Å². The first-order valence-corrected chi connectivity index (χ1v) is 23.5. The Bertz CT molecular complexity index is 1860. The molecule has 4 aromatic rings. The molecule has 0 saturated heterocycles. The van der Waals surface area contributed by atoms with Crippen LogP contribution in [0.5, 0.6) is 0 Å². The monoisotopic (exact) mass is 878 g/mol. The predicted molar refractivity (Wildman–Crippen MR) is 230 cm³/mol. The maximum atomic E-state index is 11.9. The van der Waals surface area contributed by atoms with Gasteiger partial charge in [-0.25, -0.2) is 0 Å². The van der Waals surface area contributed by atoms with Crippen LogP contribution in [0, 0.1) is 13.8 Å². The van der Waals surface area contributed by atoms with E-state index >= 15 is 0 Å². The van der Waals surface area contributed by atoms with Crippen molar-refractivity contribution >= 4 is 53.8 Å². The van der Waals surface area contributed by atoms with E-state index in [1.54, 1.807) is 24.3 Å². The van der Waals surface area contributed by atoms with Gasteiger partial charge >= 0.3 is 11.9 Å². The van der Waals surface area contributed by atoms with E-state index in [4.69, 9.17) is 41.5 Å². The van der Waals surface area contributed by atoms with Gasteiger partial charge in [0, 0.05) is 23.6 Å². The number of rotatable bonds is 13. The fraction of sp³-hybridized carbons (Fsp3) is 0.350. The van der Waals surface area contributed by atoms with Crippen molar-refractivity contribution in [1.29, 1.82) is 0 Å². The van der Waals surface area contributed by atoms with Crippen molar-refractivity contribution in [3.05, 3.63) is 131 Å². The van der Waals surface area contributed by atoms with Crippen LogP contribution >= 0.6 is 21.6 Å². The van der Waals surface area contributed by atoms with Crippen molar-refractivity contribution in [2.45, 2.75) is 86.7 Å². The molecule has 1 aliphatic carbocycles. The fourth-order valence-corrected chi connectivity index (χ4v) is 7.79. The largest absolute Gasteiger partial charge is 0.460 e. The Morgan fingerprint density at radius 3 is 1.16 bits per heavy atom. The smallest absolute Gasteiger partial charge is 0.324 e. The minimum atomic E-state index is -4.02. The lowest BCUT2D eigenvalue weighted by molar-refractivity contribution is -0.146. The molecule has 0 spiro atoms. The molecule has 1 aliphatic rings. The number of hydrogen-bond acceptors (Lipinski definition) is 14. The van der Waals surface area contributed by atoms with Gasteiger partial charge in [-0.05, 0) is 74.9 Å². The van der Waals surface area contributed by atoms with Crippen LogP contribution in [0.1, 0.15) is 47.9 Å². The zero-order valence-electron chi connectivity index (χ0n) is 32.5. The normalized spacial score (nSPS) is 16.0. The third kappa shape index (κ3) is 21.8. The Morgan fingerprint density at radius 2 is 0.879 bits per heavy atom. The zero-order valence-corrected chi connectivity index (χ0v) is 35.7. The van der Waals surface area contributed by atoms with Crippen LogP contribution in [-0.4, -0.2) is 73.6 Å². The number of benzene rings is 4. The molecule has 1 saturated carbocycles. The van der Waals surface area contributed by atoms with E-state index in [1.165, 1.54) is 45.9 Å². The topological polar surface area (TPSA) is 265 Å². The van der Waals surface area contributed by atoms with E-state index in [0.717, 1.165) is 47.9 Å². The highest BCUT2D eigenvalue weighted by atomic mass is 33.1. The number of hydrogen-bond donors (Lipinski definition) is 6. The second-order valence-electron chi connectivity index (χ2n) is 13.2. The molecule has 0 unspecified atom stereocenters. The van der Waals surface area contributed by atoms with Gasteiger partial charge in [0.2, 0.25) is 0 Å². The second kappa shape index (κ2) is 26.3. The fourth-order valence-electron chi connectivity index (χ4n) is 4.62. The molecule has 0 amide bonds. The van der Waals surface area contributed by atoms with Crippen LogP contribution in [0.25, 0.3) is 0 Å². The number of aryl methyl sites for hydroxylation is 2. The molecule has 0 aliphatic heterocycles. The molecule has 2 atom stereocenters. The first-order chi connectivity index (χ1) is 27.3. The number of carbonyl (C=O) groups excluding carboxylic acids is 2. The molecule has 0 bridgehead atoms. The van der Waals surface area contributed by atoms with Gasteiger partial charge in [-0.2, -0.15) is 16.8 Å². The van der Waals surface area contributed by atoms with E-state index in [2.05, 4.69) is 0 Å². The Balaban J connectivity index is 0.000000314. The molecule has 18 heteroatoms. The number of ether oxygens (including phenoxy) is 2. The Hall–Kier alpha value is -3.82. The lowest BCUT2D eigenvalue weighted by Crippen LogP contribution is -2.35. The van der Waals surface area contributed by atoms with E-state index < -0.39 is 44.3 Å². The molecule has 14 nitrogen and oxygen atoms in total. The Morgan fingerprint density at radius 1 is 0.586 bits per heavy atom. The highest BCUT2D eigenvalue weighted by Crippen LogP contribution is 2.23. The zero-order chi connectivity index (χ0) is 43.1. The summed E-state index contributed by atoms with van der Waals surface area (Å²) in [6.07, 6.45) is 4.50. The summed E-state index contributed by atoms with van der Waals surface area (Å²) in [5.74, 6) is -0.180. The van der Waals surface area contributed by atoms with Crippen LogP contribution in [0.15, 0.2) is 119 Å². The van der Waals surface area contributed by atoms with E-state index in [9.17, 15) is 26.4 Å². The van der Waals surface area contributed by atoms with E-state index in [1.807, 2.05) is 74.5 Å². The number of esters is 2. The molecule has 58 heavy (non-hydrogen) atoms. The Labute approximate surface area is 349 Å². The van der Waals surface area contributed by atoms with Crippen LogP contribution in [0.4, 0.5) is 0 Å². The van der Waals surface area contributed by atoms with Gasteiger partial charge in [0.25, 0.3) is 20.2 Å². The maximum absolute atomic E-state index is 11.9. The van der Waals surface area contributed by atoms with Crippen molar-refractivity contribution in [3.63, 3.8) is 0 Å². The first kappa shape index (κ1) is 50.3. The summed E-state index contributed by atoms with van der Waals surface area (Å²) in [5.41, 5.74) is 26.7. The summed E-state index contributed by atoms with van der Waals surface area (Å²) in [5, 5.41) is 0. The molecular formula is C40H54N4O10S4. The van der Waals surface area contributed by atoms with Crippen LogP contribution in [0.2, 0.25) is 0 Å². The van der Waals surface area contributed by atoms with Gasteiger partial charge in [-0.15, -0.1) is 0 Å². The van der Waals surface area contributed by atoms with Gasteiger partial charge in [0.15, 0.2) is 0 Å². The third-order valence-corrected chi connectivity index (χ3v) is 12.3. The highest BCUT2D eigenvalue weighted by Gasteiger charge is 2.19. The van der Waals surface area contributed by atoms with Gasteiger partial charge in [-0.3, -0.25) is 18.7 Å². The standard InChI is InChI=1S/C20H24N2O4S2.2C7H8O3S.C6H14N2/c21-17(19(23)25-11-15-7-3-1-4-8-15)13-27-28-14-18(22)20(24)26-12-16-9-5-2-6-10-16;2*1-6-2-4-7(5-3-6)11(8,9)10;7-5-1-2-6(8)4-3-5/h1-10,17-18H,11-14,21-22H2;2*2-5H,1H3,(H,8,9,10);5-6H,1-4,7-8H2/t17-,18-;;;/m0.../s1. The molecule has 10 N–H and O–H groups in total. The second-order valence-corrected chi connectivity index (χ2v) is 18.6. The van der Waals surface area contributed by atoms with Gasteiger partial charge in [-0.1, -0.05) is 118 Å². The van der Waals surface area contributed by atoms with Crippen LogP contribution in [0.3, 0.4) is 0 Å². The maximum Gasteiger partial charge on any atom is 0.324 e. The molecule has 0 aromatic heterocycles. The summed E-state index contributed by atoms with van der Waals surface area (Å²) in [7, 11) is -5.29. The quantitative estimate of drug-likeness (QED) is 0.0436. The summed E-state index contributed by atoms with van der Waals surface area (Å²) in [4.78, 5) is 23.7. The van der Waals surface area contributed by atoms with Gasteiger partial charge in [0.1, 0.15) is 25.3 Å². The molecule has 4 aromatic carbocycles. The highest BCUT2D eigenvalue weighted by molar-refractivity contribution is 8.76. The lowest BCUT2D eigenvalue weighted by Gasteiger charge is -2.22. The van der Waals surface area contributed by atoms with Gasteiger partial charge < -0.3 is 32.4 Å². The third-order valence-electron chi connectivity index (χ3n) is 8.09. The lowest BCUT2D eigenvalue weighted by atomic mass is 9.93. The number of nitrogens with two attached hydrogens (primary N) is 4. The van der Waals surface area contributed by atoms with Crippen molar-refractivity contribution in [1.82, 2.24) is 0 Å². The molecule has 5 rings (SSSR count). The molecule has 0 radical (unpaired) electrons. The van der Waals surface area contributed by atoms with Gasteiger partial charge in [0.05, 0.1) is 9.79 Å². The molecule has 318 valence electrons. The summed E-state index contributed by atoms with van der Waals surface area (Å²) >= 11 is 0. The average Bonchev–Trinajstić information content (AvgIpc) is 3.19. The van der Waals surface area contributed by atoms with Crippen molar-refractivity contribution in [2.24, 2.45) is 22.9 Å². The van der Waals surface area contributed by atoms with Crippen molar-refractivity contribution < 1.29 is 45.0 Å².